The minimum absolute atomic E-state index is 0.0288. The fraction of sp³-hybridized carbons (Fsp3) is 0.385. The molecule has 182 valence electrons. The minimum atomic E-state index is -0.786. The number of likely N-dealkylation sites (N-methyl/N-ethyl adjacent to an activating group) is 1. The molecule has 8 heteroatoms. The Kier molecular flexibility index (Phi) is 8.29. The molecule has 1 atom stereocenters. The van der Waals surface area contributed by atoms with Crippen LogP contribution in [-0.2, 0) is 9.59 Å². The number of aliphatic hydroxyl groups excluding tert-OH is 1. The van der Waals surface area contributed by atoms with Gasteiger partial charge in [-0.25, -0.2) is 0 Å². The molecule has 1 aliphatic heterocycles. The van der Waals surface area contributed by atoms with Crippen LogP contribution in [0.5, 0.6) is 5.75 Å². The SMILES string of the molecule is Cc1cc(OCC(C)C)ccc1/C(O)=C1\C(=O)C(=O)N(CCN(C)C)C1c1ccc(Cl)c(Cl)c1. The summed E-state index contributed by atoms with van der Waals surface area (Å²) in [5.74, 6) is -0.566. The highest BCUT2D eigenvalue weighted by Crippen LogP contribution is 2.41. The van der Waals surface area contributed by atoms with Crippen molar-refractivity contribution in [3.05, 3.63) is 68.7 Å². The van der Waals surface area contributed by atoms with E-state index in [2.05, 4.69) is 13.8 Å². The molecule has 0 bridgehead atoms. The Labute approximate surface area is 210 Å². The van der Waals surface area contributed by atoms with Crippen LogP contribution in [0.25, 0.3) is 5.76 Å². The number of nitrogens with zero attached hydrogens (tertiary/aromatic N) is 2. The summed E-state index contributed by atoms with van der Waals surface area (Å²) < 4.78 is 5.77. The molecular weight excluding hydrogens is 475 g/mol. The maximum Gasteiger partial charge on any atom is 0.295 e. The molecule has 1 unspecified atom stereocenters. The van der Waals surface area contributed by atoms with Crippen LogP contribution in [0.15, 0.2) is 42.0 Å². The summed E-state index contributed by atoms with van der Waals surface area (Å²) >= 11 is 12.4. The van der Waals surface area contributed by atoms with Gasteiger partial charge in [0, 0.05) is 18.7 Å². The van der Waals surface area contributed by atoms with Gasteiger partial charge < -0.3 is 19.6 Å². The number of hydrogen-bond acceptors (Lipinski definition) is 5. The molecule has 34 heavy (non-hydrogen) atoms. The standard InChI is InChI=1S/C26H30Cl2N2O4/c1-15(2)14-34-18-7-8-19(16(3)12-18)24(31)22-23(17-6-9-20(27)21(28)13-17)30(11-10-29(4)5)26(33)25(22)32/h6-9,12-13,15,23,31H,10-11,14H2,1-5H3/b24-22+. The van der Waals surface area contributed by atoms with Crippen LogP contribution in [0.1, 0.15) is 36.6 Å². The van der Waals surface area contributed by atoms with Crippen LogP contribution in [0, 0.1) is 12.8 Å². The normalized spacial score (nSPS) is 17.8. The van der Waals surface area contributed by atoms with Crippen molar-refractivity contribution >= 4 is 40.7 Å². The molecule has 0 aliphatic carbocycles. The van der Waals surface area contributed by atoms with E-state index in [4.69, 9.17) is 27.9 Å². The van der Waals surface area contributed by atoms with Crippen molar-refractivity contribution < 1.29 is 19.4 Å². The smallest absolute Gasteiger partial charge is 0.295 e. The van der Waals surface area contributed by atoms with E-state index in [1.54, 1.807) is 30.3 Å². The van der Waals surface area contributed by atoms with E-state index in [0.29, 0.717) is 52.5 Å². The first-order valence-electron chi connectivity index (χ1n) is 11.1. The highest BCUT2D eigenvalue weighted by atomic mass is 35.5. The quantitative estimate of drug-likeness (QED) is 0.299. The highest BCUT2D eigenvalue weighted by Gasteiger charge is 2.46. The Morgan fingerprint density at radius 3 is 2.41 bits per heavy atom. The molecule has 0 spiro atoms. The molecule has 1 saturated heterocycles. The van der Waals surface area contributed by atoms with E-state index in [9.17, 15) is 14.7 Å². The lowest BCUT2D eigenvalue weighted by molar-refractivity contribution is -0.140. The van der Waals surface area contributed by atoms with Crippen molar-refractivity contribution in [2.75, 3.05) is 33.8 Å². The maximum atomic E-state index is 13.2. The first kappa shape index (κ1) is 26.1. The number of rotatable bonds is 8. The average molecular weight is 505 g/mol. The second kappa shape index (κ2) is 10.8. The minimum Gasteiger partial charge on any atom is -0.507 e. The highest BCUT2D eigenvalue weighted by molar-refractivity contribution is 6.47. The van der Waals surface area contributed by atoms with Crippen LogP contribution >= 0.6 is 23.2 Å². The first-order valence-corrected chi connectivity index (χ1v) is 11.9. The fourth-order valence-electron chi connectivity index (χ4n) is 3.85. The van der Waals surface area contributed by atoms with Gasteiger partial charge in [0.2, 0.25) is 0 Å². The number of ketones is 1. The van der Waals surface area contributed by atoms with E-state index < -0.39 is 17.7 Å². The van der Waals surface area contributed by atoms with Crippen molar-refractivity contribution in [1.82, 2.24) is 9.80 Å². The number of aryl methyl sites for hydroxylation is 1. The summed E-state index contributed by atoms with van der Waals surface area (Å²) in [5, 5.41) is 12.0. The van der Waals surface area contributed by atoms with Crippen molar-refractivity contribution in [2.24, 2.45) is 5.92 Å². The van der Waals surface area contributed by atoms with Crippen molar-refractivity contribution in [3.63, 3.8) is 0 Å². The van der Waals surface area contributed by atoms with Crippen LogP contribution in [0.4, 0.5) is 0 Å². The molecule has 1 N–H and O–H groups in total. The molecule has 1 heterocycles. The summed E-state index contributed by atoms with van der Waals surface area (Å²) in [6.07, 6.45) is 0. The molecule has 2 aromatic carbocycles. The van der Waals surface area contributed by atoms with Crippen molar-refractivity contribution in [1.29, 1.82) is 0 Å². The van der Waals surface area contributed by atoms with Crippen molar-refractivity contribution in [2.45, 2.75) is 26.8 Å². The summed E-state index contributed by atoms with van der Waals surface area (Å²) in [6.45, 7) is 7.37. The number of amides is 1. The topological polar surface area (TPSA) is 70.1 Å². The Morgan fingerprint density at radius 1 is 1.12 bits per heavy atom. The summed E-state index contributed by atoms with van der Waals surface area (Å²) in [5.41, 5.74) is 1.82. The number of benzene rings is 2. The van der Waals surface area contributed by atoms with Gasteiger partial charge in [0.15, 0.2) is 0 Å². The number of ether oxygens (including phenoxy) is 1. The lowest BCUT2D eigenvalue weighted by Crippen LogP contribution is -2.35. The number of hydrogen-bond donors (Lipinski definition) is 1. The van der Waals surface area contributed by atoms with Gasteiger partial charge >= 0.3 is 0 Å². The molecule has 0 radical (unpaired) electrons. The first-order chi connectivity index (χ1) is 16.0. The van der Waals surface area contributed by atoms with Gasteiger partial charge in [-0.15, -0.1) is 0 Å². The fourth-order valence-corrected chi connectivity index (χ4v) is 4.15. The van der Waals surface area contributed by atoms with E-state index in [0.717, 1.165) is 5.56 Å². The second-order valence-electron chi connectivity index (χ2n) is 9.15. The van der Waals surface area contributed by atoms with E-state index >= 15 is 0 Å². The number of Topliss-reactive ketones (excluding diaryl/α,β-unsaturated/α-hetero) is 1. The number of halogens is 2. The molecule has 1 amide bonds. The number of aliphatic hydroxyl groups is 1. The molecule has 1 aliphatic rings. The summed E-state index contributed by atoms with van der Waals surface area (Å²) in [7, 11) is 3.77. The Balaban J connectivity index is 2.11. The molecular formula is C26H30Cl2N2O4. The van der Waals surface area contributed by atoms with Gasteiger partial charge in [-0.05, 0) is 68.4 Å². The van der Waals surface area contributed by atoms with Gasteiger partial charge in [-0.2, -0.15) is 0 Å². The monoisotopic (exact) mass is 504 g/mol. The third-order valence-corrected chi connectivity index (χ3v) is 6.36. The van der Waals surface area contributed by atoms with Crippen LogP contribution < -0.4 is 4.74 Å². The van der Waals surface area contributed by atoms with E-state index in [1.807, 2.05) is 32.0 Å². The molecule has 0 saturated carbocycles. The molecule has 3 rings (SSSR count). The average Bonchev–Trinajstić information content (AvgIpc) is 3.02. The predicted molar refractivity (Wildman–Crippen MR) is 136 cm³/mol. The molecule has 1 fully saturated rings. The predicted octanol–water partition coefficient (Wildman–Crippen LogP) is 5.32. The summed E-state index contributed by atoms with van der Waals surface area (Å²) in [4.78, 5) is 29.6. The zero-order chi connectivity index (χ0) is 25.2. The maximum absolute atomic E-state index is 13.2. The van der Waals surface area contributed by atoms with Gasteiger partial charge in [-0.3, -0.25) is 9.59 Å². The van der Waals surface area contributed by atoms with Gasteiger partial charge in [0.1, 0.15) is 11.5 Å². The van der Waals surface area contributed by atoms with E-state index in [-0.39, 0.29) is 11.3 Å². The van der Waals surface area contributed by atoms with E-state index in [1.165, 1.54) is 4.90 Å². The molecule has 6 nitrogen and oxygen atoms in total. The molecule has 2 aromatic rings. The van der Waals surface area contributed by atoms with Gasteiger partial charge in [0.05, 0.1) is 28.3 Å². The third kappa shape index (κ3) is 5.57. The third-order valence-electron chi connectivity index (χ3n) is 5.62. The second-order valence-corrected chi connectivity index (χ2v) is 9.97. The zero-order valence-corrected chi connectivity index (χ0v) is 21.6. The molecule has 0 aromatic heterocycles. The number of likely N-dealkylation sites (tertiary alicyclic amines) is 1. The largest absolute Gasteiger partial charge is 0.507 e. The Morgan fingerprint density at radius 2 is 1.82 bits per heavy atom. The lowest BCUT2D eigenvalue weighted by atomic mass is 9.94. The Hall–Kier alpha value is -2.54. The lowest BCUT2D eigenvalue weighted by Gasteiger charge is -2.27. The van der Waals surface area contributed by atoms with Gasteiger partial charge in [0.25, 0.3) is 11.7 Å². The number of carbonyl (C=O) groups excluding carboxylic acids is 2. The van der Waals surface area contributed by atoms with Gasteiger partial charge in [-0.1, -0.05) is 43.1 Å². The van der Waals surface area contributed by atoms with Crippen LogP contribution in [-0.4, -0.2) is 60.4 Å². The van der Waals surface area contributed by atoms with Crippen molar-refractivity contribution in [3.8, 4) is 5.75 Å². The van der Waals surface area contributed by atoms with Crippen LogP contribution in [0.3, 0.4) is 0 Å². The van der Waals surface area contributed by atoms with Crippen LogP contribution in [0.2, 0.25) is 10.0 Å². The summed E-state index contributed by atoms with van der Waals surface area (Å²) in [6, 6.07) is 9.46. The Bertz CT molecular complexity index is 1130. The zero-order valence-electron chi connectivity index (χ0n) is 20.1. The number of carbonyl (C=O) groups is 2.